The lowest BCUT2D eigenvalue weighted by atomic mass is 10.1. The highest BCUT2D eigenvalue weighted by Crippen LogP contribution is 2.10. The second-order valence-electron chi connectivity index (χ2n) is 4.45. The lowest BCUT2D eigenvalue weighted by molar-refractivity contribution is 0.617. The molecule has 2 N–H and O–H groups in total. The average Bonchev–Trinajstić information content (AvgIpc) is 2.48. The van der Waals surface area contributed by atoms with Gasteiger partial charge >= 0.3 is 5.69 Å². The van der Waals surface area contributed by atoms with E-state index in [9.17, 15) is 14.0 Å². The van der Waals surface area contributed by atoms with Crippen LogP contribution in [0.1, 0.15) is 11.1 Å². The summed E-state index contributed by atoms with van der Waals surface area (Å²) < 4.78 is 16.0. The molecule has 0 amide bonds. The third kappa shape index (κ3) is 3.27. The van der Waals surface area contributed by atoms with Gasteiger partial charge in [-0.2, -0.15) is 0 Å². The first-order valence-electron chi connectivity index (χ1n) is 6.27. The minimum absolute atomic E-state index is 0.0595. The van der Waals surface area contributed by atoms with Gasteiger partial charge in [-0.05, 0) is 17.7 Å². The van der Waals surface area contributed by atoms with Gasteiger partial charge in [0.1, 0.15) is 5.82 Å². The first-order valence-corrected chi connectivity index (χ1v) is 6.27. The number of aryl methyl sites for hydroxylation is 1. The van der Waals surface area contributed by atoms with E-state index < -0.39 is 17.1 Å². The summed E-state index contributed by atoms with van der Waals surface area (Å²) in [5, 5.41) is 0. The molecule has 0 atom stereocenters. The van der Waals surface area contributed by atoms with Gasteiger partial charge in [-0.15, -0.1) is 0 Å². The van der Waals surface area contributed by atoms with Crippen molar-refractivity contribution in [1.29, 1.82) is 0 Å². The maximum absolute atomic E-state index is 13.6. The molecule has 0 saturated heterocycles. The van der Waals surface area contributed by atoms with Gasteiger partial charge in [-0.3, -0.25) is 9.36 Å². The molecule has 0 fully saturated rings. The van der Waals surface area contributed by atoms with Crippen LogP contribution in [0.15, 0.2) is 40.1 Å². The monoisotopic (exact) mass is 287 g/mol. The Hall–Kier alpha value is -2.65. The Kier molecular flexibility index (Phi) is 4.36. The SMILES string of the molecule is Cn1ccc(=O)n(Cc2ccc(F)c(C#CCN)c2)c1=O. The topological polar surface area (TPSA) is 70.0 Å². The van der Waals surface area contributed by atoms with E-state index in [0.29, 0.717) is 5.56 Å². The molecule has 21 heavy (non-hydrogen) atoms. The normalized spacial score (nSPS) is 10.0. The summed E-state index contributed by atoms with van der Waals surface area (Å²) in [5.74, 6) is 4.73. The molecule has 5 nitrogen and oxygen atoms in total. The lowest BCUT2D eigenvalue weighted by Gasteiger charge is -2.07. The molecule has 0 aliphatic carbocycles. The van der Waals surface area contributed by atoms with Crippen LogP contribution in [0.25, 0.3) is 0 Å². The van der Waals surface area contributed by atoms with Crippen LogP contribution in [0.3, 0.4) is 0 Å². The van der Waals surface area contributed by atoms with Gasteiger partial charge in [0.25, 0.3) is 5.56 Å². The number of nitrogens with zero attached hydrogens (tertiary/aromatic N) is 2. The number of hydrogen-bond donors (Lipinski definition) is 1. The van der Waals surface area contributed by atoms with E-state index in [1.807, 2.05) is 0 Å². The first kappa shape index (κ1) is 14.8. The summed E-state index contributed by atoms with van der Waals surface area (Å²) >= 11 is 0. The zero-order valence-corrected chi connectivity index (χ0v) is 11.5. The van der Waals surface area contributed by atoms with Gasteiger partial charge in [0.15, 0.2) is 0 Å². The van der Waals surface area contributed by atoms with Crippen molar-refractivity contribution >= 4 is 0 Å². The Morgan fingerprint density at radius 1 is 1.29 bits per heavy atom. The Labute approximate surface area is 120 Å². The fourth-order valence-corrected chi connectivity index (χ4v) is 1.85. The summed E-state index contributed by atoms with van der Waals surface area (Å²) in [6.07, 6.45) is 1.41. The maximum atomic E-state index is 13.6. The number of halogens is 1. The Balaban J connectivity index is 2.44. The highest BCUT2D eigenvalue weighted by molar-refractivity contribution is 5.38. The Bertz CT molecular complexity index is 840. The van der Waals surface area contributed by atoms with Crippen molar-refractivity contribution in [1.82, 2.24) is 9.13 Å². The Morgan fingerprint density at radius 3 is 2.76 bits per heavy atom. The van der Waals surface area contributed by atoms with Crippen molar-refractivity contribution in [3.8, 4) is 11.8 Å². The molecule has 1 aromatic heterocycles. The number of rotatable bonds is 2. The van der Waals surface area contributed by atoms with Crippen LogP contribution in [-0.4, -0.2) is 15.7 Å². The van der Waals surface area contributed by atoms with Gasteiger partial charge in [-0.25, -0.2) is 9.18 Å². The predicted molar refractivity (Wildman–Crippen MR) is 77.4 cm³/mol. The van der Waals surface area contributed by atoms with Gasteiger partial charge in [0.05, 0.1) is 18.7 Å². The average molecular weight is 287 g/mol. The predicted octanol–water partition coefficient (Wildman–Crippen LogP) is 0.0446. The van der Waals surface area contributed by atoms with E-state index in [1.54, 1.807) is 7.05 Å². The fraction of sp³-hybridized carbons (Fsp3) is 0.200. The number of hydrogen-bond acceptors (Lipinski definition) is 3. The van der Waals surface area contributed by atoms with Crippen molar-refractivity contribution in [3.05, 3.63) is 68.2 Å². The summed E-state index contributed by atoms with van der Waals surface area (Å²) in [7, 11) is 1.56. The van der Waals surface area contributed by atoms with Crippen LogP contribution < -0.4 is 17.0 Å². The van der Waals surface area contributed by atoms with Crippen LogP contribution in [0, 0.1) is 17.7 Å². The molecule has 2 rings (SSSR count). The van der Waals surface area contributed by atoms with Crippen molar-refractivity contribution in [2.45, 2.75) is 6.54 Å². The fourth-order valence-electron chi connectivity index (χ4n) is 1.85. The molecule has 0 bridgehead atoms. The zero-order chi connectivity index (χ0) is 15.4. The molecule has 0 aliphatic heterocycles. The van der Waals surface area contributed by atoms with E-state index in [-0.39, 0.29) is 18.7 Å². The molecule has 0 saturated carbocycles. The highest BCUT2D eigenvalue weighted by Gasteiger charge is 2.06. The standard InChI is InChI=1S/C15H14FN3O2/c1-18-8-6-14(20)19(15(18)21)10-11-4-5-13(16)12(9-11)3-2-7-17/h4-6,8-9H,7,10,17H2,1H3. The number of benzene rings is 1. The van der Waals surface area contributed by atoms with Crippen LogP contribution >= 0.6 is 0 Å². The third-order valence-corrected chi connectivity index (χ3v) is 2.94. The minimum atomic E-state index is -0.465. The minimum Gasteiger partial charge on any atom is -0.320 e. The molecular weight excluding hydrogens is 273 g/mol. The van der Waals surface area contributed by atoms with Crippen LogP contribution in [0.4, 0.5) is 4.39 Å². The van der Waals surface area contributed by atoms with E-state index in [4.69, 9.17) is 5.73 Å². The molecule has 1 aromatic carbocycles. The quantitative estimate of drug-likeness (QED) is 0.793. The van der Waals surface area contributed by atoms with Crippen molar-refractivity contribution < 1.29 is 4.39 Å². The van der Waals surface area contributed by atoms with Crippen LogP contribution in [0.5, 0.6) is 0 Å². The van der Waals surface area contributed by atoms with Gasteiger partial charge in [0.2, 0.25) is 0 Å². The number of nitrogens with two attached hydrogens (primary N) is 1. The van der Waals surface area contributed by atoms with Gasteiger partial charge in [-0.1, -0.05) is 17.9 Å². The van der Waals surface area contributed by atoms with Gasteiger partial charge < -0.3 is 10.3 Å². The maximum Gasteiger partial charge on any atom is 0.331 e. The van der Waals surface area contributed by atoms with E-state index in [1.165, 1.54) is 35.0 Å². The summed E-state index contributed by atoms with van der Waals surface area (Å²) in [6.45, 7) is 0.187. The molecule has 108 valence electrons. The largest absolute Gasteiger partial charge is 0.331 e. The molecule has 0 radical (unpaired) electrons. The molecule has 0 spiro atoms. The number of aromatic nitrogens is 2. The van der Waals surface area contributed by atoms with Crippen LogP contribution in [-0.2, 0) is 13.6 Å². The second kappa shape index (κ2) is 6.20. The molecule has 1 heterocycles. The van der Waals surface area contributed by atoms with Crippen molar-refractivity contribution in [2.75, 3.05) is 6.54 Å². The van der Waals surface area contributed by atoms with Crippen LogP contribution in [0.2, 0.25) is 0 Å². The molecule has 2 aromatic rings. The van der Waals surface area contributed by atoms with Gasteiger partial charge in [0, 0.05) is 19.3 Å². The van der Waals surface area contributed by atoms with E-state index in [0.717, 1.165) is 4.57 Å². The third-order valence-electron chi connectivity index (χ3n) is 2.94. The summed E-state index contributed by atoms with van der Waals surface area (Å²) in [5.41, 5.74) is 5.23. The molecule has 0 unspecified atom stereocenters. The molecular formula is C15H14FN3O2. The smallest absolute Gasteiger partial charge is 0.320 e. The zero-order valence-electron chi connectivity index (χ0n) is 11.5. The van der Waals surface area contributed by atoms with Crippen molar-refractivity contribution in [3.63, 3.8) is 0 Å². The van der Waals surface area contributed by atoms with Crippen molar-refractivity contribution in [2.24, 2.45) is 12.8 Å². The summed E-state index contributed by atoms with van der Waals surface area (Å²) in [4.78, 5) is 23.7. The van der Waals surface area contributed by atoms with E-state index in [2.05, 4.69) is 11.8 Å². The Morgan fingerprint density at radius 2 is 2.05 bits per heavy atom. The highest BCUT2D eigenvalue weighted by atomic mass is 19.1. The molecule has 6 heteroatoms. The summed E-state index contributed by atoms with van der Waals surface area (Å²) in [6, 6.07) is 5.59. The van der Waals surface area contributed by atoms with E-state index >= 15 is 0 Å². The second-order valence-corrected chi connectivity index (χ2v) is 4.45. The molecule has 0 aliphatic rings. The lowest BCUT2D eigenvalue weighted by Crippen LogP contribution is -2.38. The first-order chi connectivity index (χ1) is 10.0.